The number of rotatable bonds is 3. The molecule has 1 N–H and O–H groups in total. The lowest BCUT2D eigenvalue weighted by atomic mass is 9.70. The SMILES string of the molecule is CC1CC(NCC2CCC2)CC(C)(C)C1. The fraction of sp³-hybridized carbons (Fsp3) is 1.00. The molecule has 1 heteroatoms. The molecule has 0 heterocycles. The van der Waals surface area contributed by atoms with Crippen LogP contribution in [-0.2, 0) is 0 Å². The van der Waals surface area contributed by atoms with E-state index in [0.717, 1.165) is 17.9 Å². The summed E-state index contributed by atoms with van der Waals surface area (Å²) in [7, 11) is 0. The van der Waals surface area contributed by atoms with Gasteiger partial charge in [-0.25, -0.2) is 0 Å². The third kappa shape index (κ3) is 3.21. The molecule has 0 aliphatic heterocycles. The molecule has 0 amide bonds. The van der Waals surface area contributed by atoms with Gasteiger partial charge in [0.05, 0.1) is 0 Å². The van der Waals surface area contributed by atoms with Crippen LogP contribution in [0.5, 0.6) is 0 Å². The number of nitrogens with one attached hydrogen (secondary N) is 1. The van der Waals surface area contributed by atoms with E-state index in [4.69, 9.17) is 0 Å². The Hall–Kier alpha value is -0.0400. The Morgan fingerprint density at radius 2 is 1.93 bits per heavy atom. The molecular weight excluding hydrogens is 182 g/mol. The molecule has 2 fully saturated rings. The average Bonchev–Trinajstić information content (AvgIpc) is 1.96. The molecule has 0 saturated heterocycles. The van der Waals surface area contributed by atoms with Crippen molar-refractivity contribution in [1.29, 1.82) is 0 Å². The molecule has 0 radical (unpaired) electrons. The lowest BCUT2D eigenvalue weighted by Gasteiger charge is -2.40. The van der Waals surface area contributed by atoms with Crippen LogP contribution >= 0.6 is 0 Å². The van der Waals surface area contributed by atoms with Gasteiger partial charge in [-0.1, -0.05) is 27.2 Å². The van der Waals surface area contributed by atoms with E-state index in [0.29, 0.717) is 5.41 Å². The summed E-state index contributed by atoms with van der Waals surface area (Å²) < 4.78 is 0. The molecule has 88 valence electrons. The minimum atomic E-state index is 0.564. The Kier molecular flexibility index (Phi) is 3.39. The Balaban J connectivity index is 1.75. The van der Waals surface area contributed by atoms with E-state index in [1.165, 1.54) is 45.1 Å². The zero-order valence-corrected chi connectivity index (χ0v) is 10.7. The Bertz CT molecular complexity index is 205. The van der Waals surface area contributed by atoms with Gasteiger partial charge in [0.25, 0.3) is 0 Å². The highest BCUT2D eigenvalue weighted by Gasteiger charge is 2.32. The van der Waals surface area contributed by atoms with Crippen LogP contribution in [0.25, 0.3) is 0 Å². The normalized spacial score (nSPS) is 36.2. The van der Waals surface area contributed by atoms with Crippen molar-refractivity contribution < 1.29 is 0 Å². The van der Waals surface area contributed by atoms with Crippen LogP contribution in [-0.4, -0.2) is 12.6 Å². The van der Waals surface area contributed by atoms with Crippen molar-refractivity contribution in [2.45, 2.75) is 65.3 Å². The molecule has 15 heavy (non-hydrogen) atoms. The minimum Gasteiger partial charge on any atom is -0.314 e. The average molecular weight is 209 g/mol. The highest BCUT2D eigenvalue weighted by Crippen LogP contribution is 2.38. The molecular formula is C14H27N. The largest absolute Gasteiger partial charge is 0.314 e. The van der Waals surface area contributed by atoms with Crippen LogP contribution < -0.4 is 5.32 Å². The van der Waals surface area contributed by atoms with E-state index in [-0.39, 0.29) is 0 Å². The molecule has 0 aromatic rings. The van der Waals surface area contributed by atoms with Gasteiger partial charge in [-0.2, -0.15) is 0 Å². The van der Waals surface area contributed by atoms with Gasteiger partial charge < -0.3 is 5.32 Å². The maximum Gasteiger partial charge on any atom is 0.00748 e. The highest BCUT2D eigenvalue weighted by molar-refractivity contribution is 4.87. The summed E-state index contributed by atoms with van der Waals surface area (Å²) in [5, 5.41) is 3.81. The molecule has 0 aromatic carbocycles. The second kappa shape index (κ2) is 4.45. The number of hydrogen-bond acceptors (Lipinski definition) is 1. The summed E-state index contributed by atoms with van der Waals surface area (Å²) >= 11 is 0. The quantitative estimate of drug-likeness (QED) is 0.749. The van der Waals surface area contributed by atoms with E-state index in [1.54, 1.807) is 0 Å². The van der Waals surface area contributed by atoms with Gasteiger partial charge in [-0.15, -0.1) is 0 Å². The smallest absolute Gasteiger partial charge is 0.00748 e. The monoisotopic (exact) mass is 209 g/mol. The van der Waals surface area contributed by atoms with Gasteiger partial charge in [0.2, 0.25) is 0 Å². The molecule has 0 bridgehead atoms. The van der Waals surface area contributed by atoms with Crippen LogP contribution in [0.2, 0.25) is 0 Å². The maximum absolute atomic E-state index is 3.81. The molecule has 0 spiro atoms. The van der Waals surface area contributed by atoms with Gasteiger partial charge in [0, 0.05) is 6.04 Å². The third-order valence-corrected chi connectivity index (χ3v) is 4.31. The number of hydrogen-bond donors (Lipinski definition) is 1. The Morgan fingerprint density at radius 3 is 2.47 bits per heavy atom. The summed E-state index contributed by atoms with van der Waals surface area (Å²) in [6.07, 6.45) is 8.60. The fourth-order valence-corrected chi connectivity index (χ4v) is 3.53. The maximum atomic E-state index is 3.81. The van der Waals surface area contributed by atoms with Crippen LogP contribution in [0.3, 0.4) is 0 Å². The van der Waals surface area contributed by atoms with Crippen LogP contribution in [0.4, 0.5) is 0 Å². The van der Waals surface area contributed by atoms with Crippen molar-refractivity contribution in [3.63, 3.8) is 0 Å². The summed E-state index contributed by atoms with van der Waals surface area (Å²) in [6, 6.07) is 0.796. The molecule has 0 aromatic heterocycles. The van der Waals surface area contributed by atoms with Crippen molar-refractivity contribution in [3.8, 4) is 0 Å². The summed E-state index contributed by atoms with van der Waals surface area (Å²) in [5.41, 5.74) is 0.564. The topological polar surface area (TPSA) is 12.0 Å². The molecule has 2 saturated carbocycles. The second-order valence-electron chi connectivity index (χ2n) is 6.82. The van der Waals surface area contributed by atoms with Crippen LogP contribution in [0.15, 0.2) is 0 Å². The lowest BCUT2D eigenvalue weighted by Crippen LogP contribution is -2.42. The molecule has 1 nitrogen and oxygen atoms in total. The van der Waals surface area contributed by atoms with E-state index < -0.39 is 0 Å². The molecule has 2 atom stereocenters. The van der Waals surface area contributed by atoms with Crippen LogP contribution in [0.1, 0.15) is 59.3 Å². The lowest BCUT2D eigenvalue weighted by molar-refractivity contribution is 0.143. The first-order valence-corrected chi connectivity index (χ1v) is 6.78. The van der Waals surface area contributed by atoms with E-state index >= 15 is 0 Å². The summed E-state index contributed by atoms with van der Waals surface area (Å²) in [4.78, 5) is 0. The molecule has 2 aliphatic carbocycles. The van der Waals surface area contributed by atoms with Gasteiger partial charge in [-0.3, -0.25) is 0 Å². The van der Waals surface area contributed by atoms with E-state index in [2.05, 4.69) is 26.1 Å². The summed E-state index contributed by atoms with van der Waals surface area (Å²) in [5.74, 6) is 1.91. The minimum absolute atomic E-state index is 0.564. The van der Waals surface area contributed by atoms with Crippen LogP contribution in [0, 0.1) is 17.3 Å². The van der Waals surface area contributed by atoms with Crippen molar-refractivity contribution in [2.75, 3.05) is 6.54 Å². The van der Waals surface area contributed by atoms with Crippen molar-refractivity contribution in [1.82, 2.24) is 5.32 Å². The molecule has 2 aliphatic rings. The first kappa shape index (κ1) is 11.4. The zero-order chi connectivity index (χ0) is 10.9. The van der Waals surface area contributed by atoms with Crippen molar-refractivity contribution in [3.05, 3.63) is 0 Å². The van der Waals surface area contributed by atoms with Gasteiger partial charge in [0.15, 0.2) is 0 Å². The standard InChI is InChI=1S/C14H27N/c1-11-7-13(9-14(2,3)8-11)15-10-12-5-4-6-12/h11-13,15H,4-10H2,1-3H3. The van der Waals surface area contributed by atoms with E-state index in [1.807, 2.05) is 0 Å². The fourth-order valence-electron chi connectivity index (χ4n) is 3.53. The Labute approximate surface area is 95.0 Å². The predicted octanol–water partition coefficient (Wildman–Crippen LogP) is 3.59. The third-order valence-electron chi connectivity index (χ3n) is 4.31. The van der Waals surface area contributed by atoms with Gasteiger partial charge in [-0.05, 0) is 55.9 Å². The first-order chi connectivity index (χ1) is 7.05. The highest BCUT2D eigenvalue weighted by atomic mass is 14.9. The molecule has 2 rings (SSSR count). The second-order valence-corrected chi connectivity index (χ2v) is 6.82. The van der Waals surface area contributed by atoms with Gasteiger partial charge in [0.1, 0.15) is 0 Å². The van der Waals surface area contributed by atoms with E-state index in [9.17, 15) is 0 Å². The Morgan fingerprint density at radius 1 is 1.20 bits per heavy atom. The molecule has 2 unspecified atom stereocenters. The first-order valence-electron chi connectivity index (χ1n) is 6.78. The van der Waals surface area contributed by atoms with Crippen molar-refractivity contribution >= 4 is 0 Å². The zero-order valence-electron chi connectivity index (χ0n) is 10.7. The van der Waals surface area contributed by atoms with Gasteiger partial charge >= 0.3 is 0 Å². The predicted molar refractivity (Wildman–Crippen MR) is 65.9 cm³/mol. The van der Waals surface area contributed by atoms with Crippen molar-refractivity contribution in [2.24, 2.45) is 17.3 Å². The summed E-state index contributed by atoms with van der Waals surface area (Å²) in [6.45, 7) is 8.56.